The molecular weight excluding hydrogens is 270 g/mol. The molecule has 0 aromatic carbocycles. The van der Waals surface area contributed by atoms with Crippen molar-refractivity contribution in [2.75, 3.05) is 6.54 Å². The van der Waals surface area contributed by atoms with Crippen LogP contribution in [0.15, 0.2) is 0 Å². The van der Waals surface area contributed by atoms with E-state index in [1.165, 1.54) is 77.0 Å². The predicted octanol–water partition coefficient (Wildman–Crippen LogP) is 4.85. The molecule has 3 nitrogen and oxygen atoms in total. The lowest BCUT2D eigenvalue weighted by Crippen LogP contribution is -2.17. The average molecular weight is 305 g/mol. The zero-order chi connectivity index (χ0) is 14.9. The van der Waals surface area contributed by atoms with Crippen LogP contribution in [0.5, 0.6) is 0 Å². The molecule has 20 heavy (non-hydrogen) atoms. The monoisotopic (exact) mass is 304 g/mol. The summed E-state index contributed by atoms with van der Waals surface area (Å²) < 4.78 is 22.8. The number of unbranched alkanes of at least 4 members (excludes halogenated alkanes) is 13. The maximum Gasteiger partial charge on any atom is 0.0181 e. The molecule has 0 saturated carbocycles. The second kappa shape index (κ2) is 17.1. The highest BCUT2D eigenvalue weighted by Gasteiger charge is 1.94. The van der Waals surface area contributed by atoms with Crippen LogP contribution in [0.3, 0.4) is 0 Å². The molecule has 122 valence electrons. The Bertz CT molecular complexity index is 213. The Hall–Kier alpha value is 0.0700. The fraction of sp³-hybridized carbons (Fsp3) is 1.00. The molecule has 0 rings (SSSR count). The Kier molecular flexibility index (Phi) is 17.2. The summed E-state index contributed by atoms with van der Waals surface area (Å²) in [6, 6.07) is 0. The highest BCUT2D eigenvalue weighted by atomic mass is 32.2. The maximum absolute atomic E-state index is 10.2. The fourth-order valence-electron chi connectivity index (χ4n) is 2.48. The van der Waals surface area contributed by atoms with Crippen LogP contribution in [-0.4, -0.2) is 15.3 Å². The summed E-state index contributed by atoms with van der Waals surface area (Å²) in [6.07, 6.45) is 18.6. The van der Waals surface area contributed by atoms with Crippen LogP contribution in [0.25, 0.3) is 0 Å². The highest BCUT2D eigenvalue weighted by molar-refractivity contribution is 7.77. The van der Waals surface area contributed by atoms with Crippen LogP contribution < -0.4 is 4.72 Å². The molecule has 0 aliphatic heterocycles. The first-order valence-corrected chi connectivity index (χ1v) is 9.67. The number of rotatable bonds is 16. The van der Waals surface area contributed by atoms with E-state index in [-0.39, 0.29) is 0 Å². The van der Waals surface area contributed by atoms with Crippen molar-refractivity contribution in [2.24, 2.45) is 0 Å². The number of hydrogen-bond donors (Lipinski definition) is 1. The molecule has 0 fully saturated rings. The van der Waals surface area contributed by atoms with Crippen LogP contribution >= 0.6 is 0 Å². The summed E-state index contributed by atoms with van der Waals surface area (Å²) >= 11 is -2.08. The normalized spacial score (nSPS) is 12.7. The summed E-state index contributed by atoms with van der Waals surface area (Å²) in [7, 11) is 0. The van der Waals surface area contributed by atoms with Gasteiger partial charge in [0.25, 0.3) is 0 Å². The van der Waals surface area contributed by atoms with Crippen molar-refractivity contribution in [2.45, 2.75) is 96.8 Å². The molecule has 0 bridgehead atoms. The predicted molar refractivity (Wildman–Crippen MR) is 87.2 cm³/mol. The molecule has 0 saturated heterocycles. The van der Waals surface area contributed by atoms with E-state index in [0.717, 1.165) is 12.8 Å². The van der Waals surface area contributed by atoms with Crippen LogP contribution in [0.1, 0.15) is 96.8 Å². The summed E-state index contributed by atoms with van der Waals surface area (Å²) in [5, 5.41) is 0. The molecular formula is C16H34NO2S-. The van der Waals surface area contributed by atoms with Gasteiger partial charge in [-0.25, -0.2) is 4.72 Å². The summed E-state index contributed by atoms with van der Waals surface area (Å²) in [4.78, 5) is 0. The Balaban J connectivity index is 2.94. The summed E-state index contributed by atoms with van der Waals surface area (Å²) in [5.41, 5.74) is 0. The van der Waals surface area contributed by atoms with E-state index in [9.17, 15) is 8.76 Å². The zero-order valence-corrected chi connectivity index (χ0v) is 14.1. The van der Waals surface area contributed by atoms with Crippen molar-refractivity contribution in [1.82, 2.24) is 4.72 Å². The number of hydrogen-bond acceptors (Lipinski definition) is 2. The van der Waals surface area contributed by atoms with Gasteiger partial charge in [0.15, 0.2) is 0 Å². The van der Waals surface area contributed by atoms with Gasteiger partial charge >= 0.3 is 0 Å². The van der Waals surface area contributed by atoms with Gasteiger partial charge in [0.05, 0.1) is 0 Å². The largest absolute Gasteiger partial charge is 0.760 e. The standard InChI is InChI=1S/C16H35NO2S/c1-2-3-4-5-6-7-8-9-10-11-12-13-14-15-16-17-20(18)19/h17H,2-16H2,1H3,(H,18,19)/p-1. The van der Waals surface area contributed by atoms with Gasteiger partial charge in [0.1, 0.15) is 0 Å². The first kappa shape index (κ1) is 20.1. The topological polar surface area (TPSA) is 52.2 Å². The minimum absolute atomic E-state index is 0.591. The van der Waals surface area contributed by atoms with E-state index < -0.39 is 11.3 Å². The molecule has 0 aromatic heterocycles. The van der Waals surface area contributed by atoms with E-state index in [1.54, 1.807) is 0 Å². The van der Waals surface area contributed by atoms with Gasteiger partial charge in [-0.1, -0.05) is 90.4 Å². The Morgan fingerprint density at radius 2 is 1.05 bits per heavy atom. The lowest BCUT2D eigenvalue weighted by molar-refractivity contribution is 0.515. The molecule has 0 radical (unpaired) electrons. The second-order valence-electron chi connectivity index (χ2n) is 5.73. The fourth-order valence-corrected chi connectivity index (χ4v) is 2.79. The molecule has 1 atom stereocenters. The van der Waals surface area contributed by atoms with Gasteiger partial charge < -0.3 is 4.55 Å². The molecule has 0 aliphatic carbocycles. The minimum atomic E-state index is -2.08. The van der Waals surface area contributed by atoms with Crippen molar-refractivity contribution in [3.05, 3.63) is 0 Å². The Morgan fingerprint density at radius 1 is 0.700 bits per heavy atom. The first-order valence-electron chi connectivity index (χ1n) is 8.60. The second-order valence-corrected chi connectivity index (χ2v) is 6.48. The molecule has 0 heterocycles. The van der Waals surface area contributed by atoms with Crippen molar-refractivity contribution < 1.29 is 8.76 Å². The lowest BCUT2D eigenvalue weighted by Gasteiger charge is -2.06. The highest BCUT2D eigenvalue weighted by Crippen LogP contribution is 2.12. The molecule has 1 N–H and O–H groups in total. The smallest absolute Gasteiger partial charge is 0.0181 e. The molecule has 0 aromatic rings. The maximum atomic E-state index is 10.2. The molecule has 0 aliphatic rings. The summed E-state index contributed by atoms with van der Waals surface area (Å²) in [6.45, 7) is 2.86. The molecule has 0 spiro atoms. The van der Waals surface area contributed by atoms with Gasteiger partial charge in [-0.2, -0.15) is 0 Å². The third-order valence-electron chi connectivity index (χ3n) is 3.75. The van der Waals surface area contributed by atoms with Crippen LogP contribution in [0.2, 0.25) is 0 Å². The van der Waals surface area contributed by atoms with Gasteiger partial charge in [-0.3, -0.25) is 4.21 Å². The Morgan fingerprint density at radius 3 is 1.40 bits per heavy atom. The minimum Gasteiger partial charge on any atom is -0.760 e. The van der Waals surface area contributed by atoms with Gasteiger partial charge in [-0.15, -0.1) is 0 Å². The van der Waals surface area contributed by atoms with Gasteiger partial charge in [-0.05, 0) is 6.42 Å². The van der Waals surface area contributed by atoms with Crippen LogP contribution in [0.4, 0.5) is 0 Å². The first-order chi connectivity index (χ1) is 9.77. The third kappa shape index (κ3) is 18.1. The Labute approximate surface area is 128 Å². The third-order valence-corrected chi connectivity index (χ3v) is 4.19. The zero-order valence-electron chi connectivity index (χ0n) is 13.3. The van der Waals surface area contributed by atoms with E-state index in [2.05, 4.69) is 11.6 Å². The molecule has 4 heteroatoms. The SMILES string of the molecule is CCCCCCCCCCCCCCCCNS(=O)[O-]. The van der Waals surface area contributed by atoms with Crippen molar-refractivity contribution in [1.29, 1.82) is 0 Å². The lowest BCUT2D eigenvalue weighted by atomic mass is 10.0. The summed E-state index contributed by atoms with van der Waals surface area (Å²) in [5.74, 6) is 0. The van der Waals surface area contributed by atoms with Crippen molar-refractivity contribution in [3.8, 4) is 0 Å². The van der Waals surface area contributed by atoms with E-state index >= 15 is 0 Å². The van der Waals surface area contributed by atoms with E-state index in [1.807, 2.05) is 0 Å². The van der Waals surface area contributed by atoms with E-state index in [0.29, 0.717) is 6.54 Å². The van der Waals surface area contributed by atoms with Crippen molar-refractivity contribution >= 4 is 11.3 Å². The van der Waals surface area contributed by atoms with Crippen molar-refractivity contribution in [3.63, 3.8) is 0 Å². The van der Waals surface area contributed by atoms with Gasteiger partial charge in [0, 0.05) is 17.8 Å². The quantitative estimate of drug-likeness (QED) is 0.327. The van der Waals surface area contributed by atoms with Gasteiger partial charge in [0.2, 0.25) is 0 Å². The van der Waals surface area contributed by atoms with E-state index in [4.69, 9.17) is 0 Å². The molecule has 1 unspecified atom stereocenters. The van der Waals surface area contributed by atoms with Crippen LogP contribution in [-0.2, 0) is 11.3 Å². The average Bonchev–Trinajstić information content (AvgIpc) is 2.43. The number of nitrogens with one attached hydrogen (secondary N) is 1. The van der Waals surface area contributed by atoms with Crippen LogP contribution in [0, 0.1) is 0 Å². The molecule has 0 amide bonds.